The summed E-state index contributed by atoms with van der Waals surface area (Å²) in [5.74, 6) is 0.549. The Morgan fingerprint density at radius 3 is 2.45 bits per heavy atom. The Morgan fingerprint density at radius 2 is 1.91 bits per heavy atom. The van der Waals surface area contributed by atoms with Crippen LogP contribution >= 0.6 is 0 Å². The molecule has 1 aromatic heterocycles. The fourth-order valence-corrected chi connectivity index (χ4v) is 2.52. The van der Waals surface area contributed by atoms with Gasteiger partial charge < -0.3 is 20.3 Å². The fraction of sp³-hybridized carbons (Fsp3) is 0.625. The maximum atomic E-state index is 12.1. The number of amides is 1. The molecule has 0 radical (unpaired) electrons. The van der Waals surface area contributed by atoms with Crippen molar-refractivity contribution in [1.82, 2.24) is 9.88 Å². The number of nitrogen functional groups attached to an aromatic ring is 1. The van der Waals surface area contributed by atoms with E-state index >= 15 is 0 Å². The zero-order chi connectivity index (χ0) is 16.3. The standard InChI is InChI=1S/C16H26N4O2/c1-5-12-13(6-7-14(17)18-12)19-8-10-20(11-9-19)15(21)22-16(2,3)4/h6-7H,5,8-11H2,1-4H3,(H2,17,18). The summed E-state index contributed by atoms with van der Waals surface area (Å²) < 4.78 is 5.42. The van der Waals surface area contributed by atoms with Gasteiger partial charge in [-0.1, -0.05) is 6.92 Å². The van der Waals surface area contributed by atoms with Gasteiger partial charge in [-0.25, -0.2) is 9.78 Å². The first-order valence-electron chi connectivity index (χ1n) is 7.78. The Morgan fingerprint density at radius 1 is 1.27 bits per heavy atom. The van der Waals surface area contributed by atoms with E-state index in [1.54, 1.807) is 4.90 Å². The summed E-state index contributed by atoms with van der Waals surface area (Å²) in [6.45, 7) is 10.6. The quantitative estimate of drug-likeness (QED) is 0.907. The van der Waals surface area contributed by atoms with E-state index in [4.69, 9.17) is 10.5 Å². The molecule has 1 aromatic rings. The number of carbonyl (C=O) groups is 1. The molecule has 0 spiro atoms. The number of nitrogens with zero attached hydrogens (tertiary/aromatic N) is 3. The van der Waals surface area contributed by atoms with Crippen LogP contribution in [0.4, 0.5) is 16.3 Å². The van der Waals surface area contributed by atoms with E-state index in [1.807, 2.05) is 32.9 Å². The first-order chi connectivity index (χ1) is 10.3. The molecule has 1 fully saturated rings. The van der Waals surface area contributed by atoms with E-state index in [1.165, 1.54) is 0 Å². The van der Waals surface area contributed by atoms with Gasteiger partial charge in [-0.3, -0.25) is 0 Å². The molecule has 2 rings (SSSR count). The lowest BCUT2D eigenvalue weighted by molar-refractivity contribution is 0.0240. The van der Waals surface area contributed by atoms with Crippen molar-refractivity contribution >= 4 is 17.6 Å². The first kappa shape index (κ1) is 16.4. The van der Waals surface area contributed by atoms with Crippen molar-refractivity contribution in [2.24, 2.45) is 0 Å². The van der Waals surface area contributed by atoms with Crippen LogP contribution in [0, 0.1) is 0 Å². The Labute approximate surface area is 132 Å². The smallest absolute Gasteiger partial charge is 0.410 e. The van der Waals surface area contributed by atoms with Gasteiger partial charge >= 0.3 is 6.09 Å². The Kier molecular flexibility index (Phi) is 4.78. The predicted octanol–water partition coefficient (Wildman–Crippen LogP) is 2.28. The third-order valence-corrected chi connectivity index (χ3v) is 3.58. The highest BCUT2D eigenvalue weighted by Crippen LogP contribution is 2.23. The molecule has 6 nitrogen and oxygen atoms in total. The van der Waals surface area contributed by atoms with Crippen molar-refractivity contribution in [3.05, 3.63) is 17.8 Å². The highest BCUT2D eigenvalue weighted by atomic mass is 16.6. The number of nitrogens with two attached hydrogens (primary N) is 1. The second-order valence-corrected chi connectivity index (χ2v) is 6.51. The average molecular weight is 306 g/mol. The van der Waals surface area contributed by atoms with Crippen LogP contribution in [0.2, 0.25) is 0 Å². The molecule has 122 valence electrons. The van der Waals surface area contributed by atoms with Gasteiger partial charge in [0.15, 0.2) is 0 Å². The molecule has 1 amide bonds. The second-order valence-electron chi connectivity index (χ2n) is 6.51. The van der Waals surface area contributed by atoms with E-state index in [-0.39, 0.29) is 6.09 Å². The van der Waals surface area contributed by atoms with Gasteiger partial charge in [0.25, 0.3) is 0 Å². The van der Waals surface area contributed by atoms with Crippen LogP contribution in [-0.4, -0.2) is 47.8 Å². The van der Waals surface area contributed by atoms with Gasteiger partial charge in [0.1, 0.15) is 11.4 Å². The number of ether oxygens (including phenoxy) is 1. The average Bonchev–Trinajstić information content (AvgIpc) is 2.45. The molecule has 0 aromatic carbocycles. The Hall–Kier alpha value is -1.98. The van der Waals surface area contributed by atoms with Crippen LogP contribution in [0.15, 0.2) is 12.1 Å². The molecule has 1 aliphatic heterocycles. The first-order valence-corrected chi connectivity index (χ1v) is 7.78. The van der Waals surface area contributed by atoms with Gasteiger partial charge in [0.05, 0.1) is 11.4 Å². The number of anilines is 2. The predicted molar refractivity (Wildman–Crippen MR) is 88.0 cm³/mol. The SMILES string of the molecule is CCc1nc(N)ccc1N1CCN(C(=O)OC(C)(C)C)CC1. The molecule has 6 heteroatoms. The lowest BCUT2D eigenvalue weighted by atomic mass is 10.2. The molecule has 0 unspecified atom stereocenters. The number of hydrogen-bond donors (Lipinski definition) is 1. The Balaban J connectivity index is 1.99. The molecule has 0 saturated carbocycles. The number of rotatable bonds is 2. The second kappa shape index (κ2) is 6.42. The van der Waals surface area contributed by atoms with Crippen LogP contribution in [-0.2, 0) is 11.2 Å². The van der Waals surface area contributed by atoms with Gasteiger partial charge in [-0.15, -0.1) is 0 Å². The van der Waals surface area contributed by atoms with E-state index < -0.39 is 5.60 Å². The van der Waals surface area contributed by atoms with Gasteiger partial charge in [-0.05, 0) is 39.3 Å². The molecule has 22 heavy (non-hydrogen) atoms. The summed E-state index contributed by atoms with van der Waals surface area (Å²) in [6.07, 6.45) is 0.602. The van der Waals surface area contributed by atoms with Crippen LogP contribution < -0.4 is 10.6 Å². The van der Waals surface area contributed by atoms with Crippen molar-refractivity contribution < 1.29 is 9.53 Å². The summed E-state index contributed by atoms with van der Waals surface area (Å²) in [7, 11) is 0. The highest BCUT2D eigenvalue weighted by molar-refractivity contribution is 5.68. The van der Waals surface area contributed by atoms with Crippen molar-refractivity contribution in [3.63, 3.8) is 0 Å². The number of piperazine rings is 1. The van der Waals surface area contributed by atoms with Gasteiger partial charge in [0, 0.05) is 26.2 Å². The van der Waals surface area contributed by atoms with E-state index in [9.17, 15) is 4.79 Å². The minimum Gasteiger partial charge on any atom is -0.444 e. The zero-order valence-electron chi connectivity index (χ0n) is 13.9. The molecule has 0 atom stereocenters. The summed E-state index contributed by atoms with van der Waals surface area (Å²) in [4.78, 5) is 20.5. The molecule has 1 saturated heterocycles. The lowest BCUT2D eigenvalue weighted by Crippen LogP contribution is -2.50. The molecule has 2 heterocycles. The topological polar surface area (TPSA) is 71.7 Å². The fourth-order valence-electron chi connectivity index (χ4n) is 2.52. The molecular weight excluding hydrogens is 280 g/mol. The third-order valence-electron chi connectivity index (χ3n) is 3.58. The van der Waals surface area contributed by atoms with E-state index in [2.05, 4.69) is 16.8 Å². The van der Waals surface area contributed by atoms with E-state index in [0.29, 0.717) is 18.9 Å². The zero-order valence-corrected chi connectivity index (χ0v) is 13.9. The van der Waals surface area contributed by atoms with Crippen molar-refractivity contribution in [2.75, 3.05) is 36.8 Å². The monoisotopic (exact) mass is 306 g/mol. The minimum atomic E-state index is -0.454. The van der Waals surface area contributed by atoms with Crippen LogP contribution in [0.1, 0.15) is 33.4 Å². The summed E-state index contributed by atoms with van der Waals surface area (Å²) in [5, 5.41) is 0. The number of aromatic nitrogens is 1. The normalized spacial score (nSPS) is 15.8. The molecule has 1 aliphatic rings. The van der Waals surface area contributed by atoms with Crippen LogP contribution in [0.5, 0.6) is 0 Å². The maximum absolute atomic E-state index is 12.1. The van der Waals surface area contributed by atoms with Gasteiger partial charge in [-0.2, -0.15) is 0 Å². The highest BCUT2D eigenvalue weighted by Gasteiger charge is 2.26. The molecule has 2 N–H and O–H groups in total. The van der Waals surface area contributed by atoms with Crippen molar-refractivity contribution in [2.45, 2.75) is 39.7 Å². The van der Waals surface area contributed by atoms with Crippen molar-refractivity contribution in [1.29, 1.82) is 0 Å². The van der Waals surface area contributed by atoms with Crippen LogP contribution in [0.25, 0.3) is 0 Å². The lowest BCUT2D eigenvalue weighted by Gasteiger charge is -2.37. The summed E-state index contributed by atoms with van der Waals surface area (Å²) in [5.41, 5.74) is 7.42. The Bertz CT molecular complexity index is 531. The third kappa shape index (κ3) is 4.02. The number of hydrogen-bond acceptors (Lipinski definition) is 5. The minimum absolute atomic E-state index is 0.238. The largest absolute Gasteiger partial charge is 0.444 e. The van der Waals surface area contributed by atoms with Gasteiger partial charge in [0.2, 0.25) is 0 Å². The summed E-state index contributed by atoms with van der Waals surface area (Å²) >= 11 is 0. The maximum Gasteiger partial charge on any atom is 0.410 e. The van der Waals surface area contributed by atoms with Crippen molar-refractivity contribution in [3.8, 4) is 0 Å². The number of aryl methyl sites for hydroxylation is 1. The molecular formula is C16H26N4O2. The molecule has 0 aliphatic carbocycles. The summed E-state index contributed by atoms with van der Waals surface area (Å²) in [6, 6.07) is 3.85. The van der Waals surface area contributed by atoms with Crippen LogP contribution in [0.3, 0.4) is 0 Å². The number of pyridine rings is 1. The van der Waals surface area contributed by atoms with E-state index in [0.717, 1.165) is 30.9 Å². The number of carbonyl (C=O) groups excluding carboxylic acids is 1. The molecule has 0 bridgehead atoms.